The smallest absolute Gasteiger partial charge is 0.387 e. The lowest BCUT2D eigenvalue weighted by Crippen LogP contribution is -2.45. The molecule has 1 aromatic heterocycles. The quantitative estimate of drug-likeness (QED) is 0.850. The van der Waals surface area contributed by atoms with Gasteiger partial charge in [-0.1, -0.05) is 18.2 Å². The summed E-state index contributed by atoms with van der Waals surface area (Å²) in [6, 6.07) is 8.96. The van der Waals surface area contributed by atoms with Crippen LogP contribution in [-0.2, 0) is 11.7 Å². The highest BCUT2D eigenvalue weighted by molar-refractivity contribution is 5.88. The number of aliphatic imine (C=N–C) groups is 1. The molecule has 114 valence electrons. The lowest BCUT2D eigenvalue weighted by Gasteiger charge is -2.34. The van der Waals surface area contributed by atoms with Gasteiger partial charge in [0.05, 0.1) is 22.5 Å². The molecule has 1 aliphatic heterocycles. The van der Waals surface area contributed by atoms with Crippen molar-refractivity contribution >= 4 is 11.5 Å². The molecule has 7 heteroatoms. The zero-order valence-corrected chi connectivity index (χ0v) is 11.4. The van der Waals surface area contributed by atoms with E-state index in [-0.39, 0.29) is 18.0 Å². The number of nitrogens with two attached hydrogens (primary N) is 2. The van der Waals surface area contributed by atoms with Crippen LogP contribution in [0, 0.1) is 0 Å². The van der Waals surface area contributed by atoms with Crippen LogP contribution >= 0.6 is 0 Å². The van der Waals surface area contributed by atoms with Crippen LogP contribution in [0.2, 0.25) is 0 Å². The van der Waals surface area contributed by atoms with Crippen molar-refractivity contribution in [2.24, 2.45) is 16.5 Å². The molecular formula is C15H13F3N4. The fourth-order valence-electron chi connectivity index (χ4n) is 2.72. The molecule has 0 spiro atoms. The molecule has 4 nitrogen and oxygen atoms in total. The molecule has 1 unspecified atom stereocenters. The minimum atomic E-state index is -4.55. The third-order valence-electron chi connectivity index (χ3n) is 3.64. The maximum Gasteiger partial charge on any atom is 0.418 e. The first-order valence-electron chi connectivity index (χ1n) is 6.56. The van der Waals surface area contributed by atoms with Gasteiger partial charge >= 0.3 is 6.18 Å². The number of nitrogens with zero attached hydrogens (tertiary/aromatic N) is 2. The summed E-state index contributed by atoms with van der Waals surface area (Å²) in [5.74, 6) is 0.181. The molecule has 22 heavy (non-hydrogen) atoms. The number of para-hydroxylation sites is 1. The normalized spacial score (nSPS) is 21.2. The van der Waals surface area contributed by atoms with Crippen LogP contribution in [0.15, 0.2) is 47.6 Å². The molecular weight excluding hydrogens is 293 g/mol. The van der Waals surface area contributed by atoms with Crippen molar-refractivity contribution in [1.82, 2.24) is 4.98 Å². The molecule has 4 N–H and O–H groups in total. The van der Waals surface area contributed by atoms with E-state index in [0.29, 0.717) is 11.3 Å². The second kappa shape index (κ2) is 4.81. The van der Waals surface area contributed by atoms with E-state index in [1.807, 2.05) is 0 Å². The van der Waals surface area contributed by atoms with Crippen molar-refractivity contribution in [3.05, 3.63) is 59.4 Å². The monoisotopic (exact) mass is 306 g/mol. The number of pyridine rings is 1. The molecule has 1 aliphatic rings. The van der Waals surface area contributed by atoms with E-state index in [9.17, 15) is 13.2 Å². The topological polar surface area (TPSA) is 77.3 Å². The third kappa shape index (κ3) is 2.23. The van der Waals surface area contributed by atoms with Crippen molar-refractivity contribution in [2.45, 2.75) is 18.1 Å². The standard InChI is InChI=1S/C15H13F3N4/c16-15(17,18)10-5-3-7-21-13(10)14(20)8-12(19)22-11-6-2-1-4-9(11)14/h1-7H,8,20H2,(H2,19,22). The first kappa shape index (κ1) is 14.5. The van der Waals surface area contributed by atoms with Gasteiger partial charge in [0.25, 0.3) is 0 Å². The molecule has 1 atom stereocenters. The van der Waals surface area contributed by atoms with Gasteiger partial charge in [-0.3, -0.25) is 4.98 Å². The highest BCUT2D eigenvalue weighted by Crippen LogP contribution is 2.43. The number of amidine groups is 1. The van der Waals surface area contributed by atoms with Gasteiger partial charge in [-0.15, -0.1) is 0 Å². The van der Waals surface area contributed by atoms with Crippen molar-refractivity contribution < 1.29 is 13.2 Å². The maximum atomic E-state index is 13.3. The van der Waals surface area contributed by atoms with E-state index in [1.165, 1.54) is 12.3 Å². The van der Waals surface area contributed by atoms with Gasteiger partial charge in [-0.2, -0.15) is 13.2 Å². The number of halogens is 3. The molecule has 0 saturated heterocycles. The highest BCUT2D eigenvalue weighted by Gasteiger charge is 2.44. The van der Waals surface area contributed by atoms with Crippen LogP contribution in [0.3, 0.4) is 0 Å². The molecule has 0 aliphatic carbocycles. The van der Waals surface area contributed by atoms with E-state index >= 15 is 0 Å². The predicted molar refractivity (Wildman–Crippen MR) is 76.5 cm³/mol. The molecule has 2 heterocycles. The highest BCUT2D eigenvalue weighted by atomic mass is 19.4. The Morgan fingerprint density at radius 1 is 1.09 bits per heavy atom. The fourth-order valence-corrected chi connectivity index (χ4v) is 2.72. The molecule has 0 bridgehead atoms. The maximum absolute atomic E-state index is 13.3. The van der Waals surface area contributed by atoms with E-state index in [1.54, 1.807) is 24.3 Å². The van der Waals surface area contributed by atoms with Crippen molar-refractivity contribution in [1.29, 1.82) is 0 Å². The molecule has 2 aromatic rings. The van der Waals surface area contributed by atoms with E-state index in [0.717, 1.165) is 6.07 Å². The Morgan fingerprint density at radius 3 is 2.55 bits per heavy atom. The Bertz CT molecular complexity index is 754. The first-order valence-corrected chi connectivity index (χ1v) is 6.56. The summed E-state index contributed by atoms with van der Waals surface area (Å²) in [5.41, 5.74) is 10.5. The Morgan fingerprint density at radius 2 is 1.82 bits per heavy atom. The fraction of sp³-hybridized carbons (Fsp3) is 0.200. The Balaban J connectivity index is 2.27. The van der Waals surface area contributed by atoms with Crippen molar-refractivity contribution in [3.8, 4) is 0 Å². The summed E-state index contributed by atoms with van der Waals surface area (Å²) in [6.45, 7) is 0. The van der Waals surface area contributed by atoms with Gasteiger partial charge in [0, 0.05) is 18.2 Å². The zero-order chi connectivity index (χ0) is 16.0. The van der Waals surface area contributed by atoms with Crippen LogP contribution in [0.1, 0.15) is 23.2 Å². The average Bonchev–Trinajstić information content (AvgIpc) is 2.46. The summed E-state index contributed by atoms with van der Waals surface area (Å²) >= 11 is 0. The number of benzene rings is 1. The molecule has 0 amide bonds. The van der Waals surface area contributed by atoms with Gasteiger partial charge in [-0.05, 0) is 18.2 Å². The zero-order valence-electron chi connectivity index (χ0n) is 11.4. The lowest BCUT2D eigenvalue weighted by molar-refractivity contribution is -0.139. The van der Waals surface area contributed by atoms with E-state index in [4.69, 9.17) is 11.5 Å². The second-order valence-corrected chi connectivity index (χ2v) is 5.17. The number of fused-ring (bicyclic) bond motifs is 1. The molecule has 0 radical (unpaired) electrons. The van der Waals surface area contributed by atoms with Crippen LogP contribution in [0.5, 0.6) is 0 Å². The van der Waals surface area contributed by atoms with Gasteiger partial charge in [-0.25, -0.2) is 4.99 Å². The van der Waals surface area contributed by atoms with Crippen LogP contribution in [0.25, 0.3) is 0 Å². The first-order chi connectivity index (χ1) is 10.3. The lowest BCUT2D eigenvalue weighted by atomic mass is 9.79. The minimum absolute atomic E-state index is 0.0237. The predicted octanol–water partition coefficient (Wildman–Crippen LogP) is 2.70. The molecule has 1 aromatic carbocycles. The van der Waals surface area contributed by atoms with E-state index < -0.39 is 17.3 Å². The Kier molecular flexibility index (Phi) is 3.17. The average molecular weight is 306 g/mol. The SMILES string of the molecule is NC1=Nc2ccccc2C(N)(c2ncccc2C(F)(F)F)C1. The summed E-state index contributed by atoms with van der Waals surface area (Å²) in [5, 5.41) is 0. The molecule has 0 fully saturated rings. The van der Waals surface area contributed by atoms with Gasteiger partial charge < -0.3 is 11.5 Å². The largest absolute Gasteiger partial charge is 0.418 e. The number of hydrogen-bond acceptors (Lipinski definition) is 4. The summed E-state index contributed by atoms with van der Waals surface area (Å²) in [7, 11) is 0. The van der Waals surface area contributed by atoms with Crippen LogP contribution in [0.4, 0.5) is 18.9 Å². The summed E-state index contributed by atoms with van der Waals surface area (Å²) in [4.78, 5) is 8.08. The second-order valence-electron chi connectivity index (χ2n) is 5.17. The van der Waals surface area contributed by atoms with Gasteiger partial charge in [0.1, 0.15) is 5.84 Å². The van der Waals surface area contributed by atoms with E-state index in [2.05, 4.69) is 9.98 Å². The number of hydrogen-bond donors (Lipinski definition) is 2. The summed E-state index contributed by atoms with van der Waals surface area (Å²) in [6.07, 6.45) is -3.28. The van der Waals surface area contributed by atoms with Crippen molar-refractivity contribution in [3.63, 3.8) is 0 Å². The molecule has 0 saturated carbocycles. The van der Waals surface area contributed by atoms with Gasteiger partial charge in [0.2, 0.25) is 0 Å². The number of aromatic nitrogens is 1. The van der Waals surface area contributed by atoms with Crippen LogP contribution < -0.4 is 11.5 Å². The number of rotatable bonds is 1. The van der Waals surface area contributed by atoms with Gasteiger partial charge in [0.15, 0.2) is 0 Å². The summed E-state index contributed by atoms with van der Waals surface area (Å²) < 4.78 is 39.9. The Labute approximate surface area is 124 Å². The molecule has 3 rings (SSSR count). The van der Waals surface area contributed by atoms with Crippen LogP contribution in [-0.4, -0.2) is 10.8 Å². The Hall–Kier alpha value is -2.41. The minimum Gasteiger partial charge on any atom is -0.387 e. The third-order valence-corrected chi connectivity index (χ3v) is 3.64. The number of alkyl halides is 3. The van der Waals surface area contributed by atoms with Crippen molar-refractivity contribution in [2.75, 3.05) is 0 Å².